The van der Waals surface area contributed by atoms with Crippen LogP contribution in [-0.2, 0) is 5.41 Å². The third-order valence-corrected chi connectivity index (χ3v) is 7.83. The first-order chi connectivity index (χ1) is 18.5. The standard InChI is InChI=1S/C35H26N2O/c1-35(2)30-17-8-6-15-27(30)28-20-19-26(22-31(28)35)37-33(36-32-18-9-7-16-29(32)34(37)38)25-14-10-13-24(21-25)23-11-4-3-5-12-23/h3-22H,1-2H3. The number of hydrogen-bond acceptors (Lipinski definition) is 2. The van der Waals surface area contributed by atoms with E-state index >= 15 is 0 Å². The van der Waals surface area contributed by atoms with Crippen LogP contribution < -0.4 is 5.56 Å². The van der Waals surface area contributed by atoms with Crippen molar-refractivity contribution in [3.05, 3.63) is 143 Å². The minimum absolute atomic E-state index is 0.0658. The molecule has 6 aromatic rings. The largest absolute Gasteiger partial charge is 0.268 e. The van der Waals surface area contributed by atoms with Crippen LogP contribution in [0.2, 0.25) is 0 Å². The minimum atomic E-state index is -0.163. The van der Waals surface area contributed by atoms with Gasteiger partial charge in [-0.15, -0.1) is 0 Å². The molecular formula is C35H26N2O. The van der Waals surface area contributed by atoms with Crippen LogP contribution in [0.1, 0.15) is 25.0 Å². The molecule has 0 fully saturated rings. The normalized spacial score (nSPS) is 13.3. The second kappa shape index (κ2) is 8.39. The van der Waals surface area contributed by atoms with E-state index in [9.17, 15) is 4.79 Å². The van der Waals surface area contributed by atoms with Crippen LogP contribution in [0.25, 0.3) is 50.2 Å². The van der Waals surface area contributed by atoms with E-state index in [0.717, 1.165) is 22.4 Å². The van der Waals surface area contributed by atoms with Crippen molar-refractivity contribution in [2.45, 2.75) is 19.3 Å². The van der Waals surface area contributed by atoms with Gasteiger partial charge in [0.05, 0.1) is 16.6 Å². The highest BCUT2D eigenvalue weighted by atomic mass is 16.1. The smallest absolute Gasteiger partial charge is 0.266 e. The summed E-state index contributed by atoms with van der Waals surface area (Å²) in [5, 5.41) is 0.610. The van der Waals surface area contributed by atoms with Crippen molar-refractivity contribution in [3.8, 4) is 39.3 Å². The summed E-state index contributed by atoms with van der Waals surface area (Å²) in [5.74, 6) is 0.639. The molecule has 0 saturated heterocycles. The van der Waals surface area contributed by atoms with Gasteiger partial charge in [-0.2, -0.15) is 0 Å². The second-order valence-corrected chi connectivity index (χ2v) is 10.4. The van der Waals surface area contributed by atoms with Gasteiger partial charge in [0.25, 0.3) is 5.56 Å². The first kappa shape index (κ1) is 22.4. The van der Waals surface area contributed by atoms with Crippen LogP contribution in [-0.4, -0.2) is 9.55 Å². The molecule has 1 heterocycles. The number of fused-ring (bicyclic) bond motifs is 4. The molecule has 38 heavy (non-hydrogen) atoms. The van der Waals surface area contributed by atoms with Gasteiger partial charge in [-0.3, -0.25) is 9.36 Å². The fraction of sp³-hybridized carbons (Fsp3) is 0.0857. The fourth-order valence-corrected chi connectivity index (χ4v) is 5.87. The molecule has 0 radical (unpaired) electrons. The first-order valence-electron chi connectivity index (χ1n) is 12.9. The lowest BCUT2D eigenvalue weighted by molar-refractivity contribution is 0.659. The summed E-state index contributed by atoms with van der Waals surface area (Å²) < 4.78 is 1.78. The maximum Gasteiger partial charge on any atom is 0.266 e. The van der Waals surface area contributed by atoms with Crippen molar-refractivity contribution in [2.24, 2.45) is 0 Å². The molecule has 0 aliphatic heterocycles. The lowest BCUT2D eigenvalue weighted by atomic mass is 9.82. The van der Waals surface area contributed by atoms with Crippen molar-refractivity contribution in [1.29, 1.82) is 0 Å². The Balaban J connectivity index is 1.49. The zero-order chi connectivity index (χ0) is 25.9. The van der Waals surface area contributed by atoms with Crippen LogP contribution in [0.3, 0.4) is 0 Å². The number of benzene rings is 5. The van der Waals surface area contributed by atoms with Gasteiger partial charge in [0.15, 0.2) is 0 Å². The topological polar surface area (TPSA) is 34.9 Å². The SMILES string of the molecule is CC1(C)c2ccccc2-c2ccc(-n3c(-c4cccc(-c5ccccc5)c4)nc4ccccc4c3=O)cc21. The van der Waals surface area contributed by atoms with Crippen LogP contribution in [0.15, 0.2) is 126 Å². The van der Waals surface area contributed by atoms with Gasteiger partial charge < -0.3 is 0 Å². The third-order valence-electron chi connectivity index (χ3n) is 7.83. The Bertz CT molecular complexity index is 1920. The minimum Gasteiger partial charge on any atom is -0.268 e. The molecule has 0 amide bonds. The van der Waals surface area contributed by atoms with E-state index in [1.54, 1.807) is 4.57 Å². The molecule has 1 aromatic heterocycles. The van der Waals surface area contributed by atoms with Gasteiger partial charge >= 0.3 is 0 Å². The molecule has 0 atom stereocenters. The van der Waals surface area contributed by atoms with E-state index in [1.165, 1.54) is 22.3 Å². The van der Waals surface area contributed by atoms with E-state index < -0.39 is 0 Å². The molecule has 1 aliphatic rings. The summed E-state index contributed by atoms with van der Waals surface area (Å²) in [6.07, 6.45) is 0. The summed E-state index contributed by atoms with van der Waals surface area (Å²) in [5.41, 5.74) is 9.43. The van der Waals surface area contributed by atoms with Crippen LogP contribution >= 0.6 is 0 Å². The van der Waals surface area contributed by atoms with E-state index in [-0.39, 0.29) is 11.0 Å². The quantitative estimate of drug-likeness (QED) is 0.252. The number of para-hydroxylation sites is 1. The summed E-state index contributed by atoms with van der Waals surface area (Å²) in [4.78, 5) is 19.1. The van der Waals surface area contributed by atoms with Crippen molar-refractivity contribution < 1.29 is 0 Å². The fourth-order valence-electron chi connectivity index (χ4n) is 5.87. The highest BCUT2D eigenvalue weighted by Crippen LogP contribution is 2.49. The number of hydrogen-bond donors (Lipinski definition) is 0. The summed E-state index contributed by atoms with van der Waals surface area (Å²) in [6.45, 7) is 4.51. The Morgan fingerprint density at radius 2 is 1.29 bits per heavy atom. The van der Waals surface area contributed by atoms with Crippen molar-refractivity contribution in [1.82, 2.24) is 9.55 Å². The molecular weight excluding hydrogens is 464 g/mol. The lowest BCUT2D eigenvalue weighted by Crippen LogP contribution is -2.23. The molecule has 3 heteroatoms. The average Bonchev–Trinajstić information content (AvgIpc) is 3.20. The summed E-state index contributed by atoms with van der Waals surface area (Å²) in [6, 6.07) is 41.1. The zero-order valence-electron chi connectivity index (χ0n) is 21.3. The number of nitrogens with zero attached hydrogens (tertiary/aromatic N) is 2. The molecule has 0 spiro atoms. The molecule has 1 aliphatic carbocycles. The molecule has 0 N–H and O–H groups in total. The van der Waals surface area contributed by atoms with Crippen molar-refractivity contribution in [3.63, 3.8) is 0 Å². The Morgan fingerprint density at radius 1 is 0.605 bits per heavy atom. The van der Waals surface area contributed by atoms with Gasteiger partial charge in [0.2, 0.25) is 0 Å². The number of aromatic nitrogens is 2. The Morgan fingerprint density at radius 3 is 2.16 bits per heavy atom. The Kier molecular flexibility index (Phi) is 4.95. The van der Waals surface area contributed by atoms with Crippen molar-refractivity contribution >= 4 is 10.9 Å². The van der Waals surface area contributed by atoms with Crippen LogP contribution in [0, 0.1) is 0 Å². The molecule has 0 unspecified atom stereocenters. The molecule has 5 aromatic carbocycles. The van der Waals surface area contributed by atoms with Gasteiger partial charge in [-0.25, -0.2) is 4.98 Å². The van der Waals surface area contributed by atoms with E-state index in [2.05, 4.69) is 80.6 Å². The molecule has 3 nitrogen and oxygen atoms in total. The Hall–Kier alpha value is -4.76. The molecule has 0 bridgehead atoms. The van der Waals surface area contributed by atoms with Crippen molar-refractivity contribution in [2.75, 3.05) is 0 Å². The number of rotatable bonds is 3. The highest BCUT2D eigenvalue weighted by Gasteiger charge is 2.35. The zero-order valence-corrected chi connectivity index (χ0v) is 21.3. The predicted octanol–water partition coefficient (Wildman–Crippen LogP) is 8.03. The maximum atomic E-state index is 14.1. The summed E-state index contributed by atoms with van der Waals surface area (Å²) >= 11 is 0. The molecule has 7 rings (SSSR count). The highest BCUT2D eigenvalue weighted by molar-refractivity contribution is 5.84. The summed E-state index contributed by atoms with van der Waals surface area (Å²) in [7, 11) is 0. The monoisotopic (exact) mass is 490 g/mol. The lowest BCUT2D eigenvalue weighted by Gasteiger charge is -2.22. The van der Waals surface area contributed by atoms with Crippen LogP contribution in [0.5, 0.6) is 0 Å². The van der Waals surface area contributed by atoms with Gasteiger partial charge in [-0.1, -0.05) is 105 Å². The third kappa shape index (κ3) is 3.36. The van der Waals surface area contributed by atoms with E-state index in [0.29, 0.717) is 16.7 Å². The molecule has 0 saturated carbocycles. The Labute approximate surface area is 221 Å². The van der Waals surface area contributed by atoms with Gasteiger partial charge in [0.1, 0.15) is 5.82 Å². The van der Waals surface area contributed by atoms with Gasteiger partial charge in [-0.05, 0) is 63.7 Å². The molecule has 182 valence electrons. The maximum absolute atomic E-state index is 14.1. The predicted molar refractivity (Wildman–Crippen MR) is 156 cm³/mol. The second-order valence-electron chi connectivity index (χ2n) is 10.4. The first-order valence-corrected chi connectivity index (χ1v) is 12.9. The average molecular weight is 491 g/mol. The van der Waals surface area contributed by atoms with Crippen LogP contribution in [0.4, 0.5) is 0 Å². The van der Waals surface area contributed by atoms with Gasteiger partial charge in [0, 0.05) is 11.0 Å². The van der Waals surface area contributed by atoms with E-state index in [4.69, 9.17) is 4.98 Å². The van der Waals surface area contributed by atoms with E-state index in [1.807, 2.05) is 54.6 Å².